The summed E-state index contributed by atoms with van der Waals surface area (Å²) in [6.45, 7) is 7.33. The summed E-state index contributed by atoms with van der Waals surface area (Å²) in [6.07, 6.45) is 0. The maximum Gasteiger partial charge on any atom is 0.339 e. The number of hydrogen-bond acceptors (Lipinski definition) is 8. The third kappa shape index (κ3) is 7.05. The van der Waals surface area contributed by atoms with Gasteiger partial charge in [0.1, 0.15) is 0 Å². The summed E-state index contributed by atoms with van der Waals surface area (Å²) in [5, 5.41) is 10.8. The molecule has 0 aromatic heterocycles. The fourth-order valence-electron chi connectivity index (χ4n) is 3.42. The van der Waals surface area contributed by atoms with Crippen molar-refractivity contribution in [3.8, 4) is 0 Å². The first-order chi connectivity index (χ1) is 16.6. The molecule has 9 nitrogen and oxygen atoms in total. The molecule has 2 aromatic carbocycles. The lowest BCUT2D eigenvalue weighted by Gasteiger charge is -2.36. The van der Waals surface area contributed by atoms with Crippen molar-refractivity contribution in [1.29, 1.82) is 0 Å². The Morgan fingerprint density at radius 2 is 1.63 bits per heavy atom. The van der Waals surface area contributed by atoms with Gasteiger partial charge in [-0.1, -0.05) is 32.9 Å². The first kappa shape index (κ1) is 26.2. The molecule has 0 aliphatic carbocycles. The van der Waals surface area contributed by atoms with Crippen molar-refractivity contribution in [2.45, 2.75) is 25.7 Å². The van der Waals surface area contributed by atoms with E-state index in [0.29, 0.717) is 36.6 Å². The first-order valence-electron chi connectivity index (χ1n) is 11.3. The Morgan fingerprint density at radius 1 is 1.00 bits per heavy atom. The Hall–Kier alpha value is -3.40. The number of nitrogens with zero attached hydrogens (tertiary/aromatic N) is 3. The standard InChI is InChI=1S/C25H29N3O6S/c1-25(2,3)22(29)16-34-24(31)20-6-4-5-7-21(20)35-17-23(30)27-14-12-26(13-15-27)18-8-10-19(11-9-18)28(32)33/h4-11H,12-17H2,1-3H3. The van der Waals surface area contributed by atoms with Crippen molar-refractivity contribution in [2.24, 2.45) is 5.41 Å². The van der Waals surface area contributed by atoms with Gasteiger partial charge in [-0.2, -0.15) is 0 Å². The maximum atomic E-state index is 12.8. The van der Waals surface area contributed by atoms with Crippen molar-refractivity contribution in [1.82, 2.24) is 4.90 Å². The third-order valence-corrected chi connectivity index (χ3v) is 6.75. The molecule has 0 unspecified atom stereocenters. The SMILES string of the molecule is CC(C)(C)C(=O)COC(=O)c1ccccc1SCC(=O)N1CCN(c2ccc([N+](=O)[O-])cc2)CC1. The van der Waals surface area contributed by atoms with Crippen molar-refractivity contribution < 1.29 is 24.0 Å². The summed E-state index contributed by atoms with van der Waals surface area (Å²) in [4.78, 5) is 52.3. The fourth-order valence-corrected chi connectivity index (χ4v) is 4.36. The van der Waals surface area contributed by atoms with E-state index in [9.17, 15) is 24.5 Å². The third-order valence-electron chi connectivity index (χ3n) is 5.69. The van der Waals surface area contributed by atoms with E-state index in [1.165, 1.54) is 23.9 Å². The number of amides is 1. The molecule has 0 bridgehead atoms. The Morgan fingerprint density at radius 3 is 2.23 bits per heavy atom. The quantitative estimate of drug-likeness (QED) is 0.233. The van der Waals surface area contributed by atoms with Crippen LogP contribution in [0.2, 0.25) is 0 Å². The van der Waals surface area contributed by atoms with Gasteiger partial charge in [-0.05, 0) is 24.3 Å². The van der Waals surface area contributed by atoms with E-state index in [0.717, 1.165) is 5.69 Å². The van der Waals surface area contributed by atoms with Crippen LogP contribution >= 0.6 is 11.8 Å². The van der Waals surface area contributed by atoms with Crippen molar-refractivity contribution in [3.63, 3.8) is 0 Å². The lowest BCUT2D eigenvalue weighted by Crippen LogP contribution is -2.49. The molecule has 1 fully saturated rings. The van der Waals surface area contributed by atoms with Crippen LogP contribution in [-0.4, -0.2) is 66.0 Å². The molecule has 0 N–H and O–H groups in total. The minimum absolute atomic E-state index is 0.0376. The molecule has 35 heavy (non-hydrogen) atoms. The highest BCUT2D eigenvalue weighted by molar-refractivity contribution is 8.00. The molecule has 1 aliphatic rings. The summed E-state index contributed by atoms with van der Waals surface area (Å²) in [5.41, 5.74) is 0.665. The molecule has 186 valence electrons. The molecule has 1 saturated heterocycles. The van der Waals surface area contributed by atoms with Crippen LogP contribution in [0.3, 0.4) is 0 Å². The predicted octanol–water partition coefficient (Wildman–Crippen LogP) is 3.81. The lowest BCUT2D eigenvalue weighted by atomic mass is 9.91. The second-order valence-electron chi connectivity index (χ2n) is 9.18. The van der Waals surface area contributed by atoms with Crippen LogP contribution in [0.25, 0.3) is 0 Å². The number of nitro groups is 1. The number of benzene rings is 2. The highest BCUT2D eigenvalue weighted by atomic mass is 32.2. The summed E-state index contributed by atoms with van der Waals surface area (Å²) in [7, 11) is 0. The van der Waals surface area contributed by atoms with Crippen LogP contribution in [0.15, 0.2) is 53.4 Å². The van der Waals surface area contributed by atoms with Gasteiger partial charge in [0, 0.05) is 54.3 Å². The first-order valence-corrected chi connectivity index (χ1v) is 12.2. The number of rotatable bonds is 8. The number of anilines is 1. The Balaban J connectivity index is 1.52. The Bertz CT molecular complexity index is 1090. The molecule has 0 atom stereocenters. The minimum Gasteiger partial charge on any atom is -0.454 e. The minimum atomic E-state index is -0.594. The van der Waals surface area contributed by atoms with Gasteiger partial charge in [-0.3, -0.25) is 19.7 Å². The smallest absolute Gasteiger partial charge is 0.339 e. The number of thioether (sulfide) groups is 1. The number of carbonyl (C=O) groups excluding carboxylic acids is 3. The molecular formula is C25H29N3O6S. The van der Waals surface area contributed by atoms with Gasteiger partial charge in [0.2, 0.25) is 5.91 Å². The van der Waals surface area contributed by atoms with Gasteiger partial charge in [0.05, 0.1) is 16.2 Å². The fraction of sp³-hybridized carbons (Fsp3) is 0.400. The van der Waals surface area contributed by atoms with Crippen LogP contribution in [-0.2, 0) is 14.3 Å². The van der Waals surface area contributed by atoms with Crippen molar-refractivity contribution in [2.75, 3.05) is 43.4 Å². The largest absolute Gasteiger partial charge is 0.454 e. The van der Waals surface area contributed by atoms with Crippen LogP contribution < -0.4 is 4.90 Å². The summed E-state index contributed by atoms with van der Waals surface area (Å²) in [6, 6.07) is 13.3. The number of hydrogen-bond donors (Lipinski definition) is 0. The topological polar surface area (TPSA) is 110 Å². The average Bonchev–Trinajstić information content (AvgIpc) is 2.85. The van der Waals surface area contributed by atoms with Gasteiger partial charge >= 0.3 is 5.97 Å². The zero-order chi connectivity index (χ0) is 25.6. The van der Waals surface area contributed by atoms with E-state index in [1.54, 1.807) is 62.1 Å². The zero-order valence-corrected chi connectivity index (χ0v) is 20.9. The molecule has 2 aromatic rings. The van der Waals surface area contributed by atoms with Gasteiger partial charge < -0.3 is 14.5 Å². The van der Waals surface area contributed by atoms with Crippen LogP contribution in [0.1, 0.15) is 31.1 Å². The molecule has 1 amide bonds. The Kier molecular flexibility index (Phi) is 8.50. The monoisotopic (exact) mass is 499 g/mol. The number of piperazine rings is 1. The maximum absolute atomic E-state index is 12.8. The second-order valence-corrected chi connectivity index (χ2v) is 10.2. The van der Waals surface area contributed by atoms with Gasteiger partial charge in [-0.25, -0.2) is 4.79 Å². The zero-order valence-electron chi connectivity index (χ0n) is 20.1. The molecule has 1 heterocycles. The predicted molar refractivity (Wildman–Crippen MR) is 134 cm³/mol. The van der Waals surface area contributed by atoms with Gasteiger partial charge in [0.15, 0.2) is 12.4 Å². The van der Waals surface area contributed by atoms with E-state index < -0.39 is 16.3 Å². The van der Waals surface area contributed by atoms with E-state index in [2.05, 4.69) is 4.90 Å². The number of esters is 1. The van der Waals surface area contributed by atoms with Crippen molar-refractivity contribution >= 4 is 40.8 Å². The molecule has 3 rings (SSSR count). The van der Waals surface area contributed by atoms with E-state index in [-0.39, 0.29) is 29.7 Å². The molecule has 0 saturated carbocycles. The number of ketones is 1. The number of nitro benzene ring substituents is 1. The summed E-state index contributed by atoms with van der Waals surface area (Å²) < 4.78 is 5.21. The van der Waals surface area contributed by atoms with Crippen LogP contribution in [0, 0.1) is 15.5 Å². The van der Waals surface area contributed by atoms with E-state index in [1.807, 2.05) is 0 Å². The summed E-state index contributed by atoms with van der Waals surface area (Å²) in [5.74, 6) is -0.624. The molecule has 1 aliphatic heterocycles. The number of carbonyl (C=O) groups is 3. The average molecular weight is 500 g/mol. The lowest BCUT2D eigenvalue weighted by molar-refractivity contribution is -0.384. The molecule has 0 radical (unpaired) electrons. The second kappa shape index (κ2) is 11.4. The molecular weight excluding hydrogens is 470 g/mol. The van der Waals surface area contributed by atoms with Gasteiger partial charge in [-0.15, -0.1) is 11.8 Å². The highest BCUT2D eigenvalue weighted by Crippen LogP contribution is 2.25. The van der Waals surface area contributed by atoms with Crippen LogP contribution in [0.4, 0.5) is 11.4 Å². The highest BCUT2D eigenvalue weighted by Gasteiger charge is 2.25. The van der Waals surface area contributed by atoms with Crippen LogP contribution in [0.5, 0.6) is 0 Å². The normalized spacial score (nSPS) is 13.9. The Labute approximate surface area is 208 Å². The van der Waals surface area contributed by atoms with Crippen molar-refractivity contribution in [3.05, 3.63) is 64.2 Å². The molecule has 0 spiro atoms. The number of Topliss-reactive ketones (excluding diaryl/α,β-unsaturated/α-hetero) is 1. The molecule has 10 heteroatoms. The van der Waals surface area contributed by atoms with E-state index in [4.69, 9.17) is 4.74 Å². The van der Waals surface area contributed by atoms with E-state index >= 15 is 0 Å². The summed E-state index contributed by atoms with van der Waals surface area (Å²) >= 11 is 1.26. The van der Waals surface area contributed by atoms with Gasteiger partial charge in [0.25, 0.3) is 5.69 Å². The number of non-ortho nitro benzene ring substituents is 1. The number of ether oxygens (including phenoxy) is 1.